The van der Waals surface area contributed by atoms with Crippen LogP contribution >= 0.6 is 0 Å². The Bertz CT molecular complexity index is 1560. The van der Waals surface area contributed by atoms with Crippen LogP contribution in [0.2, 0.25) is 0 Å². The number of carbonyl (C=O) groups excluding carboxylic acids is 2. The summed E-state index contributed by atoms with van der Waals surface area (Å²) in [6, 6.07) is 4.29. The van der Waals surface area contributed by atoms with E-state index in [4.69, 9.17) is 15.6 Å². The van der Waals surface area contributed by atoms with Gasteiger partial charge in [-0.25, -0.2) is 9.59 Å². The second-order valence-corrected chi connectivity index (χ2v) is 12.8. The average Bonchev–Trinajstić information content (AvgIpc) is 3.31. The highest BCUT2D eigenvalue weighted by atomic mass is 16.6. The van der Waals surface area contributed by atoms with Gasteiger partial charge in [0.25, 0.3) is 11.5 Å². The predicted octanol–water partition coefficient (Wildman–Crippen LogP) is 2.46. The van der Waals surface area contributed by atoms with Gasteiger partial charge in [0.1, 0.15) is 12.1 Å². The minimum absolute atomic E-state index is 0.0164. The molecule has 3 aliphatic rings. The van der Waals surface area contributed by atoms with E-state index in [0.717, 1.165) is 19.3 Å². The second-order valence-electron chi connectivity index (χ2n) is 12.8. The summed E-state index contributed by atoms with van der Waals surface area (Å²) in [5.41, 5.74) is 5.81. The van der Waals surface area contributed by atoms with Gasteiger partial charge in [-0.2, -0.15) is 4.98 Å². The fraction of sp³-hybridized carbons (Fsp3) is 0.533. The minimum Gasteiger partial charge on any atom is -0.481 e. The van der Waals surface area contributed by atoms with Crippen molar-refractivity contribution in [2.45, 2.75) is 71.1 Å². The molecule has 0 radical (unpaired) electrons. The maximum atomic E-state index is 13.9. The first kappa shape index (κ1) is 31.6. The highest BCUT2D eigenvalue weighted by Crippen LogP contribution is 2.66. The van der Waals surface area contributed by atoms with E-state index in [1.54, 1.807) is 12.1 Å². The third kappa shape index (κ3) is 5.98. The van der Waals surface area contributed by atoms with Crippen molar-refractivity contribution in [3.05, 3.63) is 40.2 Å². The van der Waals surface area contributed by atoms with Crippen LogP contribution in [0.3, 0.4) is 0 Å². The van der Waals surface area contributed by atoms with Crippen molar-refractivity contribution in [2.75, 3.05) is 34.4 Å². The van der Waals surface area contributed by atoms with E-state index in [1.807, 2.05) is 0 Å². The van der Waals surface area contributed by atoms with Gasteiger partial charge in [0.05, 0.1) is 6.04 Å². The molecule has 0 spiro atoms. The van der Waals surface area contributed by atoms with Crippen LogP contribution in [0, 0.1) is 16.7 Å². The molecule has 1 aliphatic heterocycles. The number of fused-ring (bicyclic) bond motifs is 3. The van der Waals surface area contributed by atoms with Gasteiger partial charge in [-0.3, -0.25) is 24.3 Å². The maximum Gasteiger partial charge on any atom is 0.415 e. The summed E-state index contributed by atoms with van der Waals surface area (Å²) >= 11 is 0. The van der Waals surface area contributed by atoms with Crippen LogP contribution in [0.15, 0.2) is 29.1 Å². The molecule has 2 bridgehead atoms. The number of carboxylic acids is 2. The number of anilines is 4. The zero-order chi connectivity index (χ0) is 32.7. The Labute approximate surface area is 258 Å². The molecule has 8 N–H and O–H groups in total. The molecule has 242 valence electrons. The smallest absolute Gasteiger partial charge is 0.415 e. The van der Waals surface area contributed by atoms with Gasteiger partial charge in [-0.05, 0) is 61.3 Å². The summed E-state index contributed by atoms with van der Waals surface area (Å²) in [6.07, 6.45) is 1.22. The molecular formula is C30H39N7O8. The van der Waals surface area contributed by atoms with Crippen molar-refractivity contribution in [2.24, 2.45) is 16.7 Å². The van der Waals surface area contributed by atoms with Crippen LogP contribution in [0.1, 0.15) is 63.2 Å². The van der Waals surface area contributed by atoms with Crippen molar-refractivity contribution in [3.63, 3.8) is 0 Å². The predicted molar refractivity (Wildman–Crippen MR) is 164 cm³/mol. The number of nitrogens with one attached hydrogen (secondary N) is 4. The molecule has 5 rings (SSSR count). The second kappa shape index (κ2) is 11.9. The number of ether oxygens (including phenoxy) is 1. The summed E-state index contributed by atoms with van der Waals surface area (Å²) in [4.78, 5) is 69.8. The average molecular weight is 626 g/mol. The van der Waals surface area contributed by atoms with Crippen molar-refractivity contribution < 1.29 is 34.1 Å². The van der Waals surface area contributed by atoms with Gasteiger partial charge in [-0.15, -0.1) is 0 Å². The molecule has 0 unspecified atom stereocenters. The Hall–Kier alpha value is -4.82. The zero-order valence-electron chi connectivity index (χ0n) is 25.4. The number of carboxylic acid groups (broad SMARTS) is 2. The van der Waals surface area contributed by atoms with Gasteiger partial charge >= 0.3 is 18.0 Å². The first-order valence-electron chi connectivity index (χ1n) is 14.9. The van der Waals surface area contributed by atoms with E-state index in [2.05, 4.69) is 46.7 Å². The fourth-order valence-electron chi connectivity index (χ4n) is 6.95. The van der Waals surface area contributed by atoms with E-state index in [0.29, 0.717) is 11.6 Å². The van der Waals surface area contributed by atoms with Crippen molar-refractivity contribution >= 4 is 47.1 Å². The van der Waals surface area contributed by atoms with E-state index in [-0.39, 0.29) is 59.5 Å². The molecular weight excluding hydrogens is 586 g/mol. The van der Waals surface area contributed by atoms with Crippen LogP contribution in [-0.4, -0.2) is 75.4 Å². The number of benzene rings is 1. The van der Waals surface area contributed by atoms with Crippen molar-refractivity contribution in [1.29, 1.82) is 0 Å². The Morgan fingerprint density at radius 3 is 2.49 bits per heavy atom. The lowest BCUT2D eigenvalue weighted by molar-refractivity contribution is -0.140. The molecule has 15 nitrogen and oxygen atoms in total. The Morgan fingerprint density at radius 2 is 1.89 bits per heavy atom. The minimum atomic E-state index is -1.35. The zero-order valence-corrected chi connectivity index (χ0v) is 25.4. The Balaban J connectivity index is 1.29. The lowest BCUT2D eigenvalue weighted by atomic mass is 9.70. The fourth-order valence-corrected chi connectivity index (χ4v) is 6.95. The van der Waals surface area contributed by atoms with Crippen LogP contribution in [0.5, 0.6) is 0 Å². The molecule has 0 saturated heterocycles. The third-order valence-corrected chi connectivity index (χ3v) is 10.1. The third-order valence-electron chi connectivity index (χ3n) is 10.1. The highest BCUT2D eigenvalue weighted by molar-refractivity contribution is 5.97. The van der Waals surface area contributed by atoms with Gasteiger partial charge in [0.15, 0.2) is 11.5 Å². The number of aromatic nitrogens is 2. The van der Waals surface area contributed by atoms with Crippen LogP contribution in [-0.2, 0) is 14.3 Å². The Morgan fingerprint density at radius 1 is 1.18 bits per heavy atom. The van der Waals surface area contributed by atoms with E-state index < -0.39 is 48.0 Å². The number of hydrogen-bond donors (Lipinski definition) is 7. The molecule has 2 aromatic rings. The van der Waals surface area contributed by atoms with E-state index in [1.165, 1.54) is 17.0 Å². The molecule has 2 saturated carbocycles. The topological polar surface area (TPSA) is 229 Å². The summed E-state index contributed by atoms with van der Waals surface area (Å²) in [7, 11) is 0. The normalized spacial score (nSPS) is 25.0. The SMILES string of the molecule is CC1(C)[C@@H]2CC[C@@]1(C)[C@H](OC(=O)N1c3c(nc(N)[nH]c3=O)NC[C@@H]1CNc1ccc(C(=O)N[C@@H](CCC(=O)O)C(=O)O)cc1)C2. The lowest BCUT2D eigenvalue weighted by Crippen LogP contribution is -2.54. The van der Waals surface area contributed by atoms with Crippen LogP contribution < -0.4 is 32.1 Å². The maximum absolute atomic E-state index is 13.9. The number of carbonyl (C=O) groups is 4. The number of aliphatic carboxylic acids is 2. The number of nitrogens with zero attached hydrogens (tertiary/aromatic N) is 2. The van der Waals surface area contributed by atoms with Gasteiger partial charge in [0.2, 0.25) is 5.95 Å². The standard InChI is InChI=1S/C30H39N7O8/c1-29(2)16-10-11-30(29,3)20(12-16)45-28(44)37-18(14-33-23-22(37)25(41)36-27(31)35-23)13-32-17-6-4-15(5-7-17)24(40)34-19(26(42)43)8-9-21(38)39/h4-7,16,18-20,32H,8-14H2,1-3H3,(H,34,40)(H,38,39)(H,42,43)(H4,31,33,35,36,41)/t16-,18+,19+,20-,30+/m1/s1. The first-order chi connectivity index (χ1) is 21.2. The highest BCUT2D eigenvalue weighted by Gasteiger charge is 2.63. The number of nitrogen functional groups attached to an aromatic ring is 1. The molecule has 2 amide bonds. The number of rotatable bonds is 10. The Kier molecular flexibility index (Phi) is 8.38. The van der Waals surface area contributed by atoms with Gasteiger partial charge in [-0.1, -0.05) is 20.8 Å². The molecule has 45 heavy (non-hydrogen) atoms. The summed E-state index contributed by atoms with van der Waals surface area (Å²) < 4.78 is 6.17. The summed E-state index contributed by atoms with van der Waals surface area (Å²) in [5, 5.41) is 26.8. The first-order valence-corrected chi connectivity index (χ1v) is 14.9. The number of aromatic amines is 1. The summed E-state index contributed by atoms with van der Waals surface area (Å²) in [6.45, 7) is 7.06. The lowest BCUT2D eigenvalue weighted by Gasteiger charge is -2.41. The van der Waals surface area contributed by atoms with Gasteiger partial charge in [0, 0.05) is 36.2 Å². The molecule has 1 aromatic heterocycles. The van der Waals surface area contributed by atoms with Gasteiger partial charge < -0.3 is 36.6 Å². The van der Waals surface area contributed by atoms with Crippen LogP contribution in [0.4, 0.5) is 27.9 Å². The number of hydrogen-bond acceptors (Lipinski definition) is 10. The number of amides is 2. The molecule has 2 aliphatic carbocycles. The molecule has 2 heterocycles. The molecule has 5 atom stereocenters. The monoisotopic (exact) mass is 625 g/mol. The quantitative estimate of drug-likeness (QED) is 0.202. The van der Waals surface area contributed by atoms with Crippen LogP contribution in [0.25, 0.3) is 0 Å². The number of H-pyrrole nitrogens is 1. The van der Waals surface area contributed by atoms with Crippen molar-refractivity contribution in [3.8, 4) is 0 Å². The largest absolute Gasteiger partial charge is 0.481 e. The summed E-state index contributed by atoms with van der Waals surface area (Å²) in [5.74, 6) is -2.61. The number of nitrogens with two attached hydrogens (primary N) is 1. The van der Waals surface area contributed by atoms with Crippen molar-refractivity contribution in [1.82, 2.24) is 15.3 Å². The molecule has 2 fully saturated rings. The van der Waals surface area contributed by atoms with E-state index >= 15 is 0 Å². The molecule has 15 heteroatoms. The van der Waals surface area contributed by atoms with E-state index in [9.17, 15) is 29.1 Å². The molecule has 1 aromatic carbocycles.